The van der Waals surface area contributed by atoms with E-state index in [1.54, 1.807) is 11.1 Å². The van der Waals surface area contributed by atoms with Crippen LogP contribution >= 0.6 is 0 Å². The summed E-state index contributed by atoms with van der Waals surface area (Å²) in [5.74, 6) is 2.23. The lowest BCUT2D eigenvalue weighted by Crippen LogP contribution is -2.51. The van der Waals surface area contributed by atoms with E-state index in [9.17, 15) is 9.90 Å². The summed E-state index contributed by atoms with van der Waals surface area (Å²) >= 11 is 0. The molecule has 2 atom stereocenters. The van der Waals surface area contributed by atoms with Crippen LogP contribution in [0, 0.1) is 12.3 Å². The minimum Gasteiger partial charge on any atom is -0.465 e. The average molecular weight is 461 g/mol. The first-order valence-electron chi connectivity index (χ1n) is 11.6. The van der Waals surface area contributed by atoms with Crippen LogP contribution in [0.15, 0.2) is 60.9 Å². The highest BCUT2D eigenvalue weighted by Crippen LogP contribution is 2.41. The van der Waals surface area contributed by atoms with Crippen LogP contribution in [0.5, 0.6) is 11.6 Å². The molecule has 0 aliphatic carbocycles. The van der Waals surface area contributed by atoms with E-state index in [0.29, 0.717) is 18.2 Å². The molecule has 34 heavy (non-hydrogen) atoms. The highest BCUT2D eigenvalue weighted by atomic mass is 16.5. The molecule has 178 valence electrons. The molecule has 7 heteroatoms. The molecule has 1 aliphatic rings. The fraction of sp³-hybridized carbons (Fsp3) is 0.370. The molecule has 4 rings (SSSR count). The van der Waals surface area contributed by atoms with Crippen LogP contribution in [0.1, 0.15) is 50.7 Å². The fourth-order valence-corrected chi connectivity index (χ4v) is 4.50. The maximum atomic E-state index is 11.8. The van der Waals surface area contributed by atoms with E-state index in [-0.39, 0.29) is 17.4 Å². The maximum Gasteiger partial charge on any atom is 0.407 e. The number of ether oxygens (including phenoxy) is 1. The van der Waals surface area contributed by atoms with Crippen molar-refractivity contribution in [2.75, 3.05) is 11.9 Å². The second-order valence-electron chi connectivity index (χ2n) is 9.95. The molecule has 0 saturated carbocycles. The number of carboxylic acid groups (broad SMARTS) is 1. The standard InChI is InChI=1S/C27H32N4O3/c1-18-7-12-24(29-17-18)30-20-8-10-21(11-9-20)34-25-22(6-5-14-28-25)19-13-15-31(26(32)33)23(16-19)27(2,3)4/h5-12,14,17,19,23H,13,15-16H2,1-4H3,(H,29,30)(H,32,33). The van der Waals surface area contributed by atoms with Gasteiger partial charge in [0.25, 0.3) is 0 Å². The zero-order chi connectivity index (χ0) is 24.3. The van der Waals surface area contributed by atoms with E-state index in [2.05, 4.69) is 36.1 Å². The second-order valence-corrected chi connectivity index (χ2v) is 9.95. The second kappa shape index (κ2) is 9.71. The third kappa shape index (κ3) is 5.47. The Labute approximate surface area is 200 Å². The van der Waals surface area contributed by atoms with Crippen molar-refractivity contribution in [3.8, 4) is 11.6 Å². The van der Waals surface area contributed by atoms with Crippen LogP contribution in [0.2, 0.25) is 0 Å². The summed E-state index contributed by atoms with van der Waals surface area (Å²) in [4.78, 5) is 22.3. The Kier molecular flexibility index (Phi) is 6.72. The van der Waals surface area contributed by atoms with Gasteiger partial charge in [0, 0.05) is 36.2 Å². The molecular formula is C27H32N4O3. The summed E-state index contributed by atoms with van der Waals surface area (Å²) in [6.45, 7) is 8.80. The van der Waals surface area contributed by atoms with Crippen LogP contribution in [0.4, 0.5) is 16.3 Å². The molecule has 2 N–H and O–H groups in total. The number of aromatic nitrogens is 2. The van der Waals surface area contributed by atoms with Crippen LogP contribution < -0.4 is 10.1 Å². The van der Waals surface area contributed by atoms with Crippen molar-refractivity contribution in [1.82, 2.24) is 14.9 Å². The lowest BCUT2D eigenvalue weighted by Gasteiger charge is -2.44. The van der Waals surface area contributed by atoms with Gasteiger partial charge in [-0.2, -0.15) is 0 Å². The third-order valence-electron chi connectivity index (χ3n) is 6.34. The lowest BCUT2D eigenvalue weighted by molar-refractivity contribution is 0.0523. The fourth-order valence-electron chi connectivity index (χ4n) is 4.50. The van der Waals surface area contributed by atoms with Gasteiger partial charge in [0.1, 0.15) is 11.6 Å². The molecule has 2 aromatic heterocycles. The van der Waals surface area contributed by atoms with E-state index < -0.39 is 6.09 Å². The summed E-state index contributed by atoms with van der Waals surface area (Å²) in [7, 11) is 0. The van der Waals surface area contributed by atoms with Crippen molar-refractivity contribution in [3.63, 3.8) is 0 Å². The minimum atomic E-state index is -0.851. The number of rotatable bonds is 5. The van der Waals surface area contributed by atoms with Crippen LogP contribution in [-0.4, -0.2) is 38.7 Å². The van der Waals surface area contributed by atoms with E-state index >= 15 is 0 Å². The van der Waals surface area contributed by atoms with Crippen molar-refractivity contribution in [3.05, 3.63) is 72.1 Å². The number of carbonyl (C=O) groups is 1. The van der Waals surface area contributed by atoms with Crippen LogP contribution in [0.3, 0.4) is 0 Å². The number of nitrogens with zero attached hydrogens (tertiary/aromatic N) is 3. The maximum absolute atomic E-state index is 11.8. The van der Waals surface area contributed by atoms with Crippen molar-refractivity contribution in [1.29, 1.82) is 0 Å². The molecule has 0 radical (unpaired) electrons. The predicted octanol–water partition coefficient (Wildman–Crippen LogP) is 6.59. The molecule has 1 amide bonds. The number of piperidine rings is 1. The number of pyridine rings is 2. The van der Waals surface area contributed by atoms with Crippen molar-refractivity contribution >= 4 is 17.6 Å². The summed E-state index contributed by atoms with van der Waals surface area (Å²) in [5, 5.41) is 13.0. The molecular weight excluding hydrogens is 428 g/mol. The number of anilines is 2. The lowest BCUT2D eigenvalue weighted by atomic mass is 9.75. The predicted molar refractivity (Wildman–Crippen MR) is 133 cm³/mol. The Balaban J connectivity index is 1.49. The van der Waals surface area contributed by atoms with Gasteiger partial charge in [-0.3, -0.25) is 0 Å². The van der Waals surface area contributed by atoms with Gasteiger partial charge in [0.05, 0.1) is 0 Å². The van der Waals surface area contributed by atoms with Gasteiger partial charge >= 0.3 is 6.09 Å². The van der Waals surface area contributed by atoms with Gasteiger partial charge in [-0.05, 0) is 73.1 Å². The molecule has 1 aromatic carbocycles. The minimum absolute atomic E-state index is 0.0717. The molecule has 1 fully saturated rings. The highest BCUT2D eigenvalue weighted by Gasteiger charge is 2.39. The number of likely N-dealkylation sites (tertiary alicyclic amines) is 1. The number of hydrogen-bond donors (Lipinski definition) is 2. The van der Waals surface area contributed by atoms with Crippen LogP contribution in [-0.2, 0) is 0 Å². The quantitative estimate of drug-likeness (QED) is 0.446. The van der Waals surface area contributed by atoms with Crippen molar-refractivity contribution < 1.29 is 14.6 Å². The molecule has 3 heterocycles. The number of amides is 1. The van der Waals surface area contributed by atoms with E-state index in [4.69, 9.17) is 4.74 Å². The molecule has 7 nitrogen and oxygen atoms in total. The van der Waals surface area contributed by atoms with Gasteiger partial charge in [-0.15, -0.1) is 0 Å². The van der Waals surface area contributed by atoms with Gasteiger partial charge < -0.3 is 20.1 Å². The van der Waals surface area contributed by atoms with Gasteiger partial charge in [0.15, 0.2) is 0 Å². The SMILES string of the molecule is Cc1ccc(Nc2ccc(Oc3ncccc3C3CCN(C(=O)O)C(C(C)(C)C)C3)cc2)nc1. The Hall–Kier alpha value is -3.61. The first kappa shape index (κ1) is 23.5. The van der Waals surface area contributed by atoms with E-state index in [1.807, 2.05) is 61.7 Å². The van der Waals surface area contributed by atoms with Crippen molar-refractivity contribution in [2.24, 2.45) is 5.41 Å². The number of hydrogen-bond acceptors (Lipinski definition) is 5. The Morgan fingerprint density at radius 3 is 2.53 bits per heavy atom. The number of nitrogens with one attached hydrogen (secondary N) is 1. The summed E-state index contributed by atoms with van der Waals surface area (Å²) in [5.41, 5.74) is 2.89. The molecule has 3 aromatic rings. The van der Waals surface area contributed by atoms with Crippen molar-refractivity contribution in [2.45, 2.75) is 52.5 Å². The largest absolute Gasteiger partial charge is 0.465 e. The molecule has 2 unspecified atom stereocenters. The Morgan fingerprint density at radius 1 is 1.12 bits per heavy atom. The topological polar surface area (TPSA) is 87.6 Å². The zero-order valence-electron chi connectivity index (χ0n) is 20.2. The first-order valence-corrected chi connectivity index (χ1v) is 11.6. The van der Waals surface area contributed by atoms with E-state index in [1.165, 1.54) is 0 Å². The monoisotopic (exact) mass is 460 g/mol. The normalized spacial score (nSPS) is 18.4. The highest BCUT2D eigenvalue weighted by molar-refractivity contribution is 5.66. The van der Waals surface area contributed by atoms with Gasteiger partial charge in [-0.25, -0.2) is 14.8 Å². The Bertz CT molecular complexity index is 1120. The third-order valence-corrected chi connectivity index (χ3v) is 6.34. The number of aryl methyl sites for hydroxylation is 1. The van der Waals surface area contributed by atoms with Gasteiger partial charge in [-0.1, -0.05) is 32.9 Å². The first-order chi connectivity index (χ1) is 16.2. The smallest absolute Gasteiger partial charge is 0.407 e. The molecule has 1 saturated heterocycles. The molecule has 0 bridgehead atoms. The number of benzene rings is 1. The van der Waals surface area contributed by atoms with Gasteiger partial charge in [0.2, 0.25) is 5.88 Å². The average Bonchev–Trinajstić information content (AvgIpc) is 2.81. The summed E-state index contributed by atoms with van der Waals surface area (Å²) in [6.07, 6.45) is 4.19. The Morgan fingerprint density at radius 2 is 1.88 bits per heavy atom. The molecule has 1 aliphatic heterocycles. The summed E-state index contributed by atoms with van der Waals surface area (Å²) in [6, 6.07) is 15.5. The summed E-state index contributed by atoms with van der Waals surface area (Å²) < 4.78 is 6.19. The molecule has 0 spiro atoms. The van der Waals surface area contributed by atoms with Crippen LogP contribution in [0.25, 0.3) is 0 Å². The van der Waals surface area contributed by atoms with E-state index in [0.717, 1.165) is 35.5 Å². The zero-order valence-corrected chi connectivity index (χ0v) is 20.2.